The van der Waals surface area contributed by atoms with Crippen molar-refractivity contribution in [1.82, 2.24) is 15.1 Å². The summed E-state index contributed by atoms with van der Waals surface area (Å²) in [4.78, 5) is 11.8. The van der Waals surface area contributed by atoms with Gasteiger partial charge in [0.1, 0.15) is 0 Å². The van der Waals surface area contributed by atoms with Crippen molar-refractivity contribution in [3.63, 3.8) is 0 Å². The molecule has 0 aliphatic heterocycles. The van der Waals surface area contributed by atoms with Crippen molar-refractivity contribution in [2.75, 3.05) is 0 Å². The van der Waals surface area contributed by atoms with Crippen LogP contribution in [0.5, 0.6) is 0 Å². The van der Waals surface area contributed by atoms with Crippen molar-refractivity contribution in [3.05, 3.63) is 53.4 Å². The highest BCUT2D eigenvalue weighted by Gasteiger charge is 2.43. The summed E-state index contributed by atoms with van der Waals surface area (Å²) in [5, 5.41) is 5.30. The van der Waals surface area contributed by atoms with Crippen LogP contribution in [0.3, 0.4) is 0 Å². The Hall–Kier alpha value is -2.45. The van der Waals surface area contributed by atoms with Gasteiger partial charge in [0.2, 0.25) is 0 Å². The van der Waals surface area contributed by atoms with Crippen molar-refractivity contribution in [2.45, 2.75) is 12.2 Å². The minimum Gasteiger partial charge on any atom is -0.336 e. The Morgan fingerprint density at radius 1 is 1.32 bits per heavy atom. The Balaban J connectivity index is 2.36. The Labute approximate surface area is 121 Å². The third-order valence-electron chi connectivity index (χ3n) is 2.86. The van der Waals surface area contributed by atoms with Crippen LogP contribution in [0.15, 0.2) is 30.6 Å². The third-order valence-corrected chi connectivity index (χ3v) is 2.86. The molecule has 9 heteroatoms. The molecule has 0 saturated heterocycles. The maximum atomic E-state index is 13.6. The summed E-state index contributed by atoms with van der Waals surface area (Å²) >= 11 is 0. The molecule has 1 aromatic carbocycles. The monoisotopic (exact) mass is 319 g/mol. The molecule has 0 bridgehead atoms. The molecule has 1 atom stereocenters. The Bertz CT molecular complexity index is 695. The van der Waals surface area contributed by atoms with Crippen LogP contribution < -0.4 is 5.32 Å². The Kier molecular flexibility index (Phi) is 4.16. The van der Waals surface area contributed by atoms with E-state index in [2.05, 4.69) is 5.10 Å². The SMILES string of the molecule is Cn1cc(C(=O)N[C@H](c2cccc(F)c2F)C(F)(F)F)cn1. The van der Waals surface area contributed by atoms with Crippen LogP contribution in [0.4, 0.5) is 22.0 Å². The average Bonchev–Trinajstić information content (AvgIpc) is 2.85. The number of carbonyl (C=O) groups excluding carboxylic acids is 1. The highest BCUT2D eigenvalue weighted by atomic mass is 19.4. The van der Waals surface area contributed by atoms with Gasteiger partial charge in [0, 0.05) is 18.8 Å². The maximum Gasteiger partial charge on any atom is 0.412 e. The molecule has 0 aliphatic rings. The van der Waals surface area contributed by atoms with Crippen LogP contribution in [-0.4, -0.2) is 21.9 Å². The fourth-order valence-corrected chi connectivity index (χ4v) is 1.83. The van der Waals surface area contributed by atoms with Crippen molar-refractivity contribution in [1.29, 1.82) is 0 Å². The predicted molar refractivity (Wildman–Crippen MR) is 65.8 cm³/mol. The predicted octanol–water partition coefficient (Wildman–Crippen LogP) is 2.73. The quantitative estimate of drug-likeness (QED) is 0.884. The fourth-order valence-electron chi connectivity index (χ4n) is 1.83. The number of rotatable bonds is 3. The largest absolute Gasteiger partial charge is 0.412 e. The number of halogens is 5. The number of nitrogens with zero attached hydrogens (tertiary/aromatic N) is 2. The Morgan fingerprint density at radius 3 is 2.55 bits per heavy atom. The van der Waals surface area contributed by atoms with Gasteiger partial charge in [-0.1, -0.05) is 12.1 Å². The summed E-state index contributed by atoms with van der Waals surface area (Å²) < 4.78 is 67.2. The van der Waals surface area contributed by atoms with E-state index in [1.807, 2.05) is 0 Å². The number of aryl methyl sites for hydroxylation is 1. The van der Waals surface area contributed by atoms with Gasteiger partial charge >= 0.3 is 6.18 Å². The minimum atomic E-state index is -4.99. The van der Waals surface area contributed by atoms with Gasteiger partial charge in [-0.15, -0.1) is 0 Å². The normalized spacial score (nSPS) is 13.0. The van der Waals surface area contributed by atoms with Crippen molar-refractivity contribution in [2.24, 2.45) is 7.05 Å². The first kappa shape index (κ1) is 15.9. The van der Waals surface area contributed by atoms with E-state index in [-0.39, 0.29) is 5.56 Å². The molecule has 0 saturated carbocycles. The zero-order chi connectivity index (χ0) is 16.5. The molecule has 2 aromatic rings. The summed E-state index contributed by atoms with van der Waals surface area (Å²) in [6.07, 6.45) is -2.73. The molecule has 0 spiro atoms. The van der Waals surface area contributed by atoms with E-state index < -0.39 is 35.3 Å². The van der Waals surface area contributed by atoms with Crippen LogP contribution in [0.25, 0.3) is 0 Å². The van der Waals surface area contributed by atoms with E-state index in [9.17, 15) is 26.7 Å². The van der Waals surface area contributed by atoms with Crippen molar-refractivity contribution >= 4 is 5.91 Å². The second-order valence-corrected chi connectivity index (χ2v) is 4.49. The molecule has 2 rings (SSSR count). The highest BCUT2D eigenvalue weighted by molar-refractivity contribution is 5.94. The molecule has 0 unspecified atom stereocenters. The zero-order valence-electron chi connectivity index (χ0n) is 11.2. The van der Waals surface area contributed by atoms with E-state index in [1.165, 1.54) is 17.9 Å². The van der Waals surface area contributed by atoms with Crippen LogP contribution in [-0.2, 0) is 7.05 Å². The summed E-state index contributed by atoms with van der Waals surface area (Å²) in [6.45, 7) is 0. The molecule has 0 radical (unpaired) electrons. The molecule has 22 heavy (non-hydrogen) atoms. The standard InChI is InChI=1S/C13H10F5N3O/c1-21-6-7(5-19-21)12(22)20-11(13(16,17)18)8-3-2-4-9(14)10(8)15/h2-6,11H,1H3,(H,20,22)/t11-/m1/s1. The first-order valence-electron chi connectivity index (χ1n) is 6.00. The molecule has 0 fully saturated rings. The van der Waals surface area contributed by atoms with Gasteiger partial charge in [-0.25, -0.2) is 8.78 Å². The summed E-state index contributed by atoms with van der Waals surface area (Å²) in [7, 11) is 1.48. The second-order valence-electron chi connectivity index (χ2n) is 4.49. The molecule has 1 aromatic heterocycles. The molecule has 1 heterocycles. The van der Waals surface area contributed by atoms with Gasteiger partial charge in [-0.2, -0.15) is 18.3 Å². The third kappa shape index (κ3) is 3.23. The van der Waals surface area contributed by atoms with Crippen LogP contribution in [0.2, 0.25) is 0 Å². The topological polar surface area (TPSA) is 46.9 Å². The van der Waals surface area contributed by atoms with E-state index in [0.29, 0.717) is 6.07 Å². The van der Waals surface area contributed by atoms with Crippen LogP contribution in [0.1, 0.15) is 22.0 Å². The van der Waals surface area contributed by atoms with Crippen LogP contribution >= 0.6 is 0 Å². The van der Waals surface area contributed by atoms with Gasteiger partial charge in [0.05, 0.1) is 11.8 Å². The molecule has 118 valence electrons. The highest BCUT2D eigenvalue weighted by Crippen LogP contribution is 2.34. The number of aromatic nitrogens is 2. The molecular formula is C13H10F5N3O. The van der Waals surface area contributed by atoms with Gasteiger partial charge in [0.25, 0.3) is 5.91 Å². The number of nitrogens with one attached hydrogen (secondary N) is 1. The average molecular weight is 319 g/mol. The zero-order valence-corrected chi connectivity index (χ0v) is 11.2. The lowest BCUT2D eigenvalue weighted by molar-refractivity contribution is -0.155. The minimum absolute atomic E-state index is 0.131. The van der Waals surface area contributed by atoms with E-state index in [0.717, 1.165) is 18.3 Å². The first-order valence-corrected chi connectivity index (χ1v) is 6.00. The van der Waals surface area contributed by atoms with Gasteiger partial charge in [-0.05, 0) is 6.07 Å². The number of amides is 1. The molecule has 1 N–H and O–H groups in total. The molecule has 1 amide bonds. The number of carbonyl (C=O) groups is 1. The lowest BCUT2D eigenvalue weighted by Crippen LogP contribution is -2.38. The van der Waals surface area contributed by atoms with Crippen molar-refractivity contribution < 1.29 is 26.7 Å². The first-order chi connectivity index (χ1) is 10.2. The number of alkyl halides is 3. The van der Waals surface area contributed by atoms with E-state index >= 15 is 0 Å². The molecule has 0 aliphatic carbocycles. The van der Waals surface area contributed by atoms with Gasteiger partial charge in [0.15, 0.2) is 17.7 Å². The van der Waals surface area contributed by atoms with Crippen molar-refractivity contribution in [3.8, 4) is 0 Å². The number of hydrogen-bond donors (Lipinski definition) is 1. The number of hydrogen-bond acceptors (Lipinski definition) is 2. The van der Waals surface area contributed by atoms with E-state index in [1.54, 1.807) is 5.32 Å². The van der Waals surface area contributed by atoms with Crippen LogP contribution in [0, 0.1) is 11.6 Å². The second kappa shape index (κ2) is 5.74. The summed E-state index contributed by atoms with van der Waals surface area (Å²) in [5.41, 5.74) is -1.13. The number of benzene rings is 1. The fraction of sp³-hybridized carbons (Fsp3) is 0.231. The smallest absolute Gasteiger partial charge is 0.336 e. The molecular weight excluding hydrogens is 309 g/mol. The van der Waals surface area contributed by atoms with Gasteiger partial charge < -0.3 is 5.32 Å². The maximum absolute atomic E-state index is 13.6. The lowest BCUT2D eigenvalue weighted by Gasteiger charge is -2.22. The summed E-state index contributed by atoms with van der Waals surface area (Å²) in [6, 6.07) is -0.284. The van der Waals surface area contributed by atoms with Gasteiger partial charge in [-0.3, -0.25) is 9.48 Å². The lowest BCUT2D eigenvalue weighted by atomic mass is 10.0. The Morgan fingerprint density at radius 2 is 2.00 bits per heavy atom. The van der Waals surface area contributed by atoms with E-state index in [4.69, 9.17) is 0 Å². The summed E-state index contributed by atoms with van der Waals surface area (Å²) in [5.74, 6) is -4.18. The molecule has 4 nitrogen and oxygen atoms in total.